The average Bonchev–Trinajstić information content (AvgIpc) is 2.77. The molecule has 1 atom stereocenters. The maximum Gasteiger partial charge on any atom is 0.324 e. The number of benzene rings is 3. The predicted molar refractivity (Wildman–Crippen MR) is 114 cm³/mol. The number of anilines is 1. The van der Waals surface area contributed by atoms with Gasteiger partial charge in [0.05, 0.1) is 12.8 Å². The van der Waals surface area contributed by atoms with Crippen molar-refractivity contribution in [1.29, 1.82) is 0 Å². The predicted octanol–water partition coefficient (Wildman–Crippen LogP) is 4.71. The summed E-state index contributed by atoms with van der Waals surface area (Å²) in [4.78, 5) is 26.0. The van der Waals surface area contributed by atoms with Crippen molar-refractivity contribution < 1.29 is 19.1 Å². The number of hydrogen-bond acceptors (Lipinski definition) is 5. The molecule has 148 valence electrons. The fourth-order valence-electron chi connectivity index (χ4n) is 2.66. The van der Waals surface area contributed by atoms with E-state index in [-0.39, 0.29) is 6.61 Å². The van der Waals surface area contributed by atoms with E-state index >= 15 is 0 Å². The summed E-state index contributed by atoms with van der Waals surface area (Å²) in [5.74, 6) is -0.367. The average molecular weight is 407 g/mol. The molecule has 0 unspecified atom stereocenters. The van der Waals surface area contributed by atoms with Crippen LogP contribution in [-0.2, 0) is 14.3 Å². The molecule has 0 aliphatic rings. The molecule has 0 saturated carbocycles. The van der Waals surface area contributed by atoms with Gasteiger partial charge in [0.25, 0.3) is 5.91 Å². The van der Waals surface area contributed by atoms with Crippen LogP contribution in [0.5, 0.6) is 5.75 Å². The molecule has 3 aromatic carbocycles. The minimum Gasteiger partial charge on any atom is -0.495 e. The van der Waals surface area contributed by atoms with Crippen molar-refractivity contribution in [1.82, 2.24) is 0 Å². The number of amides is 1. The zero-order valence-electron chi connectivity index (χ0n) is 15.9. The Morgan fingerprint density at radius 3 is 2.21 bits per heavy atom. The van der Waals surface area contributed by atoms with Gasteiger partial charge in [-0.05, 0) is 29.8 Å². The van der Waals surface area contributed by atoms with Gasteiger partial charge in [-0.2, -0.15) is 0 Å². The number of ether oxygens (including phenoxy) is 2. The molecule has 6 heteroatoms. The lowest BCUT2D eigenvalue weighted by Gasteiger charge is -2.16. The van der Waals surface area contributed by atoms with Crippen LogP contribution in [0, 0.1) is 0 Å². The van der Waals surface area contributed by atoms with Crippen molar-refractivity contribution >= 4 is 29.3 Å². The number of carbonyl (C=O) groups is 2. The van der Waals surface area contributed by atoms with E-state index in [1.807, 2.05) is 60.7 Å². The lowest BCUT2D eigenvalue weighted by Crippen LogP contribution is -2.23. The van der Waals surface area contributed by atoms with E-state index in [1.54, 1.807) is 24.3 Å². The van der Waals surface area contributed by atoms with Gasteiger partial charge in [0, 0.05) is 4.90 Å². The highest BCUT2D eigenvalue weighted by molar-refractivity contribution is 8.00. The van der Waals surface area contributed by atoms with E-state index in [9.17, 15) is 9.59 Å². The van der Waals surface area contributed by atoms with Gasteiger partial charge >= 0.3 is 5.97 Å². The first-order valence-corrected chi connectivity index (χ1v) is 9.91. The summed E-state index contributed by atoms with van der Waals surface area (Å²) in [7, 11) is 1.52. The SMILES string of the molecule is COc1ccccc1NC(=O)COC(=O)[C@H](Sc1ccccc1)c1ccccc1. The van der Waals surface area contributed by atoms with E-state index in [1.165, 1.54) is 18.9 Å². The van der Waals surface area contributed by atoms with Crippen LogP contribution in [-0.4, -0.2) is 25.6 Å². The minimum absolute atomic E-state index is 0.379. The molecular weight excluding hydrogens is 386 g/mol. The summed E-state index contributed by atoms with van der Waals surface area (Å²) in [6, 6.07) is 26.0. The third-order valence-electron chi connectivity index (χ3n) is 4.04. The first-order valence-electron chi connectivity index (χ1n) is 9.03. The summed E-state index contributed by atoms with van der Waals surface area (Å²) >= 11 is 1.39. The second-order valence-electron chi connectivity index (χ2n) is 6.08. The van der Waals surface area contributed by atoms with Crippen molar-refractivity contribution in [3.8, 4) is 5.75 Å². The summed E-state index contributed by atoms with van der Waals surface area (Å²) in [6.07, 6.45) is 0. The Morgan fingerprint density at radius 1 is 0.897 bits per heavy atom. The first-order chi connectivity index (χ1) is 14.2. The van der Waals surface area contributed by atoms with Gasteiger partial charge in [-0.1, -0.05) is 60.7 Å². The van der Waals surface area contributed by atoms with Crippen LogP contribution in [0.15, 0.2) is 89.8 Å². The first kappa shape index (κ1) is 20.5. The molecule has 0 aliphatic carbocycles. The van der Waals surface area contributed by atoms with Crippen molar-refractivity contribution in [3.63, 3.8) is 0 Å². The van der Waals surface area contributed by atoms with E-state index in [0.29, 0.717) is 11.4 Å². The third kappa shape index (κ3) is 5.86. The van der Waals surface area contributed by atoms with Gasteiger partial charge in [-0.15, -0.1) is 11.8 Å². The zero-order valence-corrected chi connectivity index (χ0v) is 16.7. The molecule has 0 radical (unpaired) electrons. The maximum absolute atomic E-state index is 12.8. The quantitative estimate of drug-likeness (QED) is 0.433. The van der Waals surface area contributed by atoms with Crippen molar-refractivity contribution in [3.05, 3.63) is 90.5 Å². The van der Waals surface area contributed by atoms with Crippen LogP contribution in [0.1, 0.15) is 10.8 Å². The molecule has 3 aromatic rings. The van der Waals surface area contributed by atoms with Crippen LogP contribution in [0.3, 0.4) is 0 Å². The normalized spacial score (nSPS) is 11.3. The van der Waals surface area contributed by atoms with Crippen LogP contribution in [0.2, 0.25) is 0 Å². The maximum atomic E-state index is 12.8. The number of methoxy groups -OCH3 is 1. The van der Waals surface area contributed by atoms with Gasteiger partial charge in [0.2, 0.25) is 0 Å². The lowest BCUT2D eigenvalue weighted by molar-refractivity contribution is -0.146. The number of carbonyl (C=O) groups excluding carboxylic acids is 2. The van der Waals surface area contributed by atoms with Gasteiger partial charge in [0.1, 0.15) is 11.0 Å². The summed E-state index contributed by atoms with van der Waals surface area (Å²) in [6.45, 7) is -0.379. The van der Waals surface area contributed by atoms with Crippen molar-refractivity contribution in [2.45, 2.75) is 10.1 Å². The Balaban J connectivity index is 1.66. The standard InChI is InChI=1S/C23H21NO4S/c1-27-20-15-9-8-14-19(20)24-21(25)16-28-23(26)22(17-10-4-2-5-11-17)29-18-12-6-3-7-13-18/h2-15,22H,16H2,1H3,(H,24,25)/t22-/m1/s1. The molecule has 0 saturated heterocycles. The fourth-order valence-corrected chi connectivity index (χ4v) is 3.71. The Kier molecular flexibility index (Phi) is 7.30. The lowest BCUT2D eigenvalue weighted by atomic mass is 10.1. The van der Waals surface area contributed by atoms with Crippen LogP contribution in [0.4, 0.5) is 5.69 Å². The molecule has 5 nitrogen and oxygen atoms in total. The molecule has 1 amide bonds. The fraction of sp³-hybridized carbons (Fsp3) is 0.130. The largest absolute Gasteiger partial charge is 0.495 e. The van der Waals surface area contributed by atoms with E-state index in [4.69, 9.17) is 9.47 Å². The molecule has 0 fully saturated rings. The third-order valence-corrected chi connectivity index (χ3v) is 5.28. The highest BCUT2D eigenvalue weighted by atomic mass is 32.2. The van der Waals surface area contributed by atoms with E-state index < -0.39 is 17.1 Å². The summed E-state index contributed by atoms with van der Waals surface area (Å²) in [5, 5.41) is 2.13. The number of nitrogens with one attached hydrogen (secondary N) is 1. The number of hydrogen-bond donors (Lipinski definition) is 1. The van der Waals surface area contributed by atoms with Gasteiger partial charge in [0.15, 0.2) is 6.61 Å². The van der Waals surface area contributed by atoms with Gasteiger partial charge in [-0.3, -0.25) is 9.59 Å². The van der Waals surface area contributed by atoms with Crippen LogP contribution in [0.25, 0.3) is 0 Å². The van der Waals surface area contributed by atoms with Crippen molar-refractivity contribution in [2.24, 2.45) is 0 Å². The Hall–Kier alpha value is -3.25. The monoisotopic (exact) mass is 407 g/mol. The Morgan fingerprint density at radius 2 is 1.52 bits per heavy atom. The highest BCUT2D eigenvalue weighted by Gasteiger charge is 2.24. The van der Waals surface area contributed by atoms with Crippen molar-refractivity contribution in [2.75, 3.05) is 19.0 Å². The molecule has 3 rings (SSSR count). The molecule has 1 N–H and O–H groups in total. The molecular formula is C23H21NO4S. The molecule has 29 heavy (non-hydrogen) atoms. The second kappa shape index (κ2) is 10.3. The van der Waals surface area contributed by atoms with Gasteiger partial charge < -0.3 is 14.8 Å². The highest BCUT2D eigenvalue weighted by Crippen LogP contribution is 2.36. The number of rotatable bonds is 8. The molecule has 0 spiro atoms. The number of esters is 1. The second-order valence-corrected chi connectivity index (χ2v) is 7.26. The smallest absolute Gasteiger partial charge is 0.324 e. The Labute approximate surface area is 174 Å². The molecule has 0 aliphatic heterocycles. The number of thioether (sulfide) groups is 1. The molecule has 0 aromatic heterocycles. The molecule has 0 bridgehead atoms. The summed E-state index contributed by atoms with van der Waals surface area (Å²) in [5.41, 5.74) is 1.34. The minimum atomic E-state index is -0.572. The topological polar surface area (TPSA) is 64.6 Å². The zero-order chi connectivity index (χ0) is 20.5. The number of para-hydroxylation sites is 2. The summed E-state index contributed by atoms with van der Waals surface area (Å²) < 4.78 is 10.5. The van der Waals surface area contributed by atoms with Gasteiger partial charge in [-0.25, -0.2) is 0 Å². The van der Waals surface area contributed by atoms with E-state index in [2.05, 4.69) is 5.32 Å². The van der Waals surface area contributed by atoms with Crippen LogP contribution >= 0.6 is 11.8 Å². The molecule has 0 heterocycles. The van der Waals surface area contributed by atoms with Crippen LogP contribution < -0.4 is 10.1 Å². The Bertz CT molecular complexity index is 947. The van der Waals surface area contributed by atoms with E-state index in [0.717, 1.165) is 10.5 Å².